The summed E-state index contributed by atoms with van der Waals surface area (Å²) < 4.78 is 32.7. The number of aromatic nitrogens is 2. The van der Waals surface area contributed by atoms with Crippen LogP contribution in [0.15, 0.2) is 32.4 Å². The van der Waals surface area contributed by atoms with E-state index >= 15 is 0 Å². The molecule has 2 N–H and O–H groups in total. The summed E-state index contributed by atoms with van der Waals surface area (Å²) in [4.78, 5) is 14.4. The van der Waals surface area contributed by atoms with Crippen LogP contribution in [0.1, 0.15) is 16.4 Å². The van der Waals surface area contributed by atoms with Crippen molar-refractivity contribution in [2.45, 2.75) is 11.4 Å². The van der Waals surface area contributed by atoms with Crippen LogP contribution in [-0.2, 0) is 23.6 Å². The van der Waals surface area contributed by atoms with Crippen LogP contribution in [0.25, 0.3) is 0 Å². The number of aromatic carboxylic acids is 1. The van der Waals surface area contributed by atoms with E-state index in [1.54, 1.807) is 24.0 Å². The zero-order valence-electron chi connectivity index (χ0n) is 10.2. The summed E-state index contributed by atoms with van der Waals surface area (Å²) in [5.74, 6) is -1.29. The Balaban J connectivity index is 2.22. The number of imidazole rings is 1. The number of rotatable bonds is 5. The molecule has 20 heavy (non-hydrogen) atoms. The highest BCUT2D eigenvalue weighted by molar-refractivity contribution is 9.10. The number of halogens is 1. The van der Waals surface area contributed by atoms with Crippen molar-refractivity contribution in [1.29, 1.82) is 0 Å². The molecule has 0 aromatic carbocycles. The van der Waals surface area contributed by atoms with Crippen LogP contribution < -0.4 is 4.72 Å². The number of carboxylic acids is 1. The van der Waals surface area contributed by atoms with Crippen molar-refractivity contribution in [2.24, 2.45) is 7.05 Å². The lowest BCUT2D eigenvalue weighted by molar-refractivity contribution is 0.0661. The highest BCUT2D eigenvalue weighted by Crippen LogP contribution is 2.26. The molecule has 108 valence electrons. The van der Waals surface area contributed by atoms with Gasteiger partial charge in [0, 0.05) is 25.5 Å². The molecule has 0 amide bonds. The minimum atomic E-state index is -3.90. The van der Waals surface area contributed by atoms with Crippen LogP contribution in [0.2, 0.25) is 0 Å². The summed E-state index contributed by atoms with van der Waals surface area (Å²) >= 11 is 2.88. The first-order valence-corrected chi connectivity index (χ1v) is 7.57. The standard InChI is InChI=1S/C10H10BrN3O5S/c1-14-3-2-12-8(14)5-13-20(17,18)7-4-6(10(15)16)19-9(7)11/h2-4,13H,5H2,1H3,(H,15,16). The number of nitrogens with zero attached hydrogens (tertiary/aromatic N) is 2. The fourth-order valence-corrected chi connectivity index (χ4v) is 3.36. The topological polar surface area (TPSA) is 114 Å². The number of carboxylic acid groups (broad SMARTS) is 1. The van der Waals surface area contributed by atoms with Crippen molar-refractivity contribution in [3.8, 4) is 0 Å². The molecule has 8 nitrogen and oxygen atoms in total. The third-order valence-electron chi connectivity index (χ3n) is 2.50. The minimum absolute atomic E-state index is 0.0220. The molecule has 0 bridgehead atoms. The second-order valence-corrected chi connectivity index (χ2v) is 6.29. The number of furan rings is 1. The zero-order chi connectivity index (χ0) is 14.9. The van der Waals surface area contributed by atoms with Crippen molar-refractivity contribution in [3.63, 3.8) is 0 Å². The Morgan fingerprint density at radius 1 is 1.60 bits per heavy atom. The molecule has 0 saturated carbocycles. The van der Waals surface area contributed by atoms with Crippen LogP contribution in [0.4, 0.5) is 0 Å². The van der Waals surface area contributed by atoms with Gasteiger partial charge in [-0.15, -0.1) is 0 Å². The SMILES string of the molecule is Cn1ccnc1CNS(=O)(=O)c1cc(C(=O)O)oc1Br. The summed E-state index contributed by atoms with van der Waals surface area (Å²) in [5, 5.41) is 8.76. The van der Waals surface area contributed by atoms with E-state index in [9.17, 15) is 13.2 Å². The molecule has 2 aromatic rings. The molecule has 0 saturated heterocycles. The van der Waals surface area contributed by atoms with Crippen molar-refractivity contribution in [1.82, 2.24) is 14.3 Å². The molecule has 2 heterocycles. The van der Waals surface area contributed by atoms with E-state index in [1.165, 1.54) is 0 Å². The lowest BCUT2D eigenvalue weighted by Gasteiger charge is -2.05. The Bertz CT molecular complexity index is 749. The Kier molecular flexibility index (Phi) is 3.97. The summed E-state index contributed by atoms with van der Waals surface area (Å²) in [6, 6.07) is 0.938. The van der Waals surface area contributed by atoms with Crippen molar-refractivity contribution in [3.05, 3.63) is 34.7 Å². The van der Waals surface area contributed by atoms with Gasteiger partial charge in [0.2, 0.25) is 15.8 Å². The van der Waals surface area contributed by atoms with Gasteiger partial charge < -0.3 is 14.1 Å². The molecule has 10 heteroatoms. The van der Waals surface area contributed by atoms with E-state index in [1.807, 2.05) is 0 Å². The first-order chi connectivity index (χ1) is 9.31. The average molecular weight is 364 g/mol. The average Bonchev–Trinajstić information content (AvgIpc) is 2.93. The van der Waals surface area contributed by atoms with E-state index in [0.29, 0.717) is 5.82 Å². The number of sulfonamides is 1. The molecule has 2 aromatic heterocycles. The Morgan fingerprint density at radius 3 is 2.80 bits per heavy atom. The molecule has 0 aliphatic rings. The number of carbonyl (C=O) groups is 1. The van der Waals surface area contributed by atoms with Crippen LogP contribution >= 0.6 is 15.9 Å². The lowest BCUT2D eigenvalue weighted by atomic mass is 10.5. The fraction of sp³-hybridized carbons (Fsp3) is 0.200. The second-order valence-electron chi connectivity index (χ2n) is 3.83. The maximum atomic E-state index is 12.1. The number of aryl methyl sites for hydroxylation is 1. The summed E-state index contributed by atoms with van der Waals surface area (Å²) in [6.07, 6.45) is 3.22. The van der Waals surface area contributed by atoms with Crippen molar-refractivity contribution in [2.75, 3.05) is 0 Å². The Hall–Kier alpha value is -1.65. The third kappa shape index (κ3) is 2.92. The first kappa shape index (κ1) is 14.8. The molecule has 0 radical (unpaired) electrons. The fourth-order valence-electron chi connectivity index (χ4n) is 1.44. The molecule has 0 spiro atoms. The van der Waals surface area contributed by atoms with Gasteiger partial charge in [-0.25, -0.2) is 22.9 Å². The Morgan fingerprint density at radius 2 is 2.30 bits per heavy atom. The highest BCUT2D eigenvalue weighted by Gasteiger charge is 2.24. The van der Waals surface area contributed by atoms with Gasteiger partial charge in [-0.1, -0.05) is 0 Å². The van der Waals surface area contributed by atoms with Gasteiger partial charge in [0.1, 0.15) is 10.7 Å². The third-order valence-corrected chi connectivity index (χ3v) is 4.76. The predicted molar refractivity (Wildman–Crippen MR) is 70.6 cm³/mol. The van der Waals surface area contributed by atoms with E-state index in [2.05, 4.69) is 25.6 Å². The van der Waals surface area contributed by atoms with Gasteiger partial charge in [0.15, 0.2) is 4.67 Å². The zero-order valence-corrected chi connectivity index (χ0v) is 12.6. The van der Waals surface area contributed by atoms with Crippen molar-refractivity contribution < 1.29 is 22.7 Å². The van der Waals surface area contributed by atoms with Crippen LogP contribution in [-0.4, -0.2) is 29.0 Å². The molecule has 0 aliphatic heterocycles. The summed E-state index contributed by atoms with van der Waals surface area (Å²) in [6.45, 7) is -0.0220. The summed E-state index contributed by atoms with van der Waals surface area (Å²) in [5.41, 5.74) is 0. The minimum Gasteiger partial charge on any atom is -0.475 e. The number of hydrogen-bond donors (Lipinski definition) is 2. The van der Waals surface area contributed by atoms with Crippen molar-refractivity contribution >= 4 is 31.9 Å². The van der Waals surface area contributed by atoms with Gasteiger partial charge in [0.25, 0.3) is 0 Å². The normalized spacial score (nSPS) is 11.7. The maximum absolute atomic E-state index is 12.1. The number of nitrogens with one attached hydrogen (secondary N) is 1. The van der Waals surface area contributed by atoms with Gasteiger partial charge in [-0.2, -0.15) is 0 Å². The molecule has 0 aliphatic carbocycles. The first-order valence-electron chi connectivity index (χ1n) is 5.30. The predicted octanol–water partition coefficient (Wildman–Crippen LogP) is 0.952. The number of hydrogen-bond acceptors (Lipinski definition) is 5. The van der Waals surface area contributed by atoms with Crippen LogP contribution in [0.3, 0.4) is 0 Å². The quantitative estimate of drug-likeness (QED) is 0.817. The molecule has 0 unspecified atom stereocenters. The van der Waals surface area contributed by atoms with E-state index in [0.717, 1.165) is 6.07 Å². The van der Waals surface area contributed by atoms with Gasteiger partial charge in [-0.05, 0) is 15.9 Å². The largest absolute Gasteiger partial charge is 0.475 e. The Labute approximate surface area is 122 Å². The maximum Gasteiger partial charge on any atom is 0.371 e. The van der Waals surface area contributed by atoms with Crippen LogP contribution in [0, 0.1) is 0 Å². The monoisotopic (exact) mass is 363 g/mol. The van der Waals surface area contributed by atoms with Gasteiger partial charge >= 0.3 is 5.97 Å². The highest BCUT2D eigenvalue weighted by atomic mass is 79.9. The smallest absolute Gasteiger partial charge is 0.371 e. The molecular weight excluding hydrogens is 354 g/mol. The molecule has 2 rings (SSSR count). The van der Waals surface area contributed by atoms with E-state index in [-0.39, 0.29) is 16.1 Å². The van der Waals surface area contributed by atoms with E-state index < -0.39 is 21.8 Å². The van der Waals surface area contributed by atoms with Crippen LogP contribution in [0.5, 0.6) is 0 Å². The van der Waals surface area contributed by atoms with Gasteiger partial charge in [-0.3, -0.25) is 0 Å². The summed E-state index contributed by atoms with van der Waals surface area (Å²) in [7, 11) is -2.17. The van der Waals surface area contributed by atoms with E-state index in [4.69, 9.17) is 9.52 Å². The molecular formula is C10H10BrN3O5S. The molecule has 0 atom stereocenters. The lowest BCUT2D eigenvalue weighted by Crippen LogP contribution is -2.24. The molecule has 0 fully saturated rings. The van der Waals surface area contributed by atoms with Gasteiger partial charge in [0.05, 0.1) is 6.54 Å². The second kappa shape index (κ2) is 5.38.